The first-order valence-electron chi connectivity index (χ1n) is 9.82. The van der Waals surface area contributed by atoms with Crippen LogP contribution < -0.4 is 5.32 Å². The highest BCUT2D eigenvalue weighted by molar-refractivity contribution is 4.89. The van der Waals surface area contributed by atoms with Gasteiger partial charge in [0.1, 0.15) is 24.4 Å². The van der Waals surface area contributed by atoms with Crippen LogP contribution in [0.25, 0.3) is 0 Å². The molecule has 0 aliphatic carbocycles. The fourth-order valence-corrected chi connectivity index (χ4v) is 3.01. The quantitative estimate of drug-likeness (QED) is 0.223. The van der Waals surface area contributed by atoms with Crippen molar-refractivity contribution in [2.24, 2.45) is 0 Å². The van der Waals surface area contributed by atoms with Crippen molar-refractivity contribution in [1.82, 2.24) is 5.32 Å². The van der Waals surface area contributed by atoms with Crippen LogP contribution in [-0.2, 0) is 9.47 Å². The van der Waals surface area contributed by atoms with E-state index < -0.39 is 43.4 Å². The zero-order chi connectivity index (χ0) is 19.4. The number of aliphatic hydroxyl groups is 5. The van der Waals surface area contributed by atoms with Crippen molar-refractivity contribution >= 4 is 0 Å². The van der Waals surface area contributed by atoms with Gasteiger partial charge < -0.3 is 40.3 Å². The highest BCUT2D eigenvalue weighted by Crippen LogP contribution is 2.22. The van der Waals surface area contributed by atoms with Crippen LogP contribution in [0.1, 0.15) is 51.9 Å². The van der Waals surface area contributed by atoms with E-state index in [2.05, 4.69) is 12.2 Å². The molecule has 8 heteroatoms. The van der Waals surface area contributed by atoms with Gasteiger partial charge in [-0.05, 0) is 13.0 Å². The van der Waals surface area contributed by atoms with Crippen LogP contribution >= 0.6 is 0 Å². The number of aliphatic hydroxyl groups excluding tert-OH is 5. The van der Waals surface area contributed by atoms with E-state index in [0.717, 1.165) is 13.0 Å². The summed E-state index contributed by atoms with van der Waals surface area (Å²) < 4.78 is 10.3. The Kier molecular flexibility index (Phi) is 12.6. The van der Waals surface area contributed by atoms with Crippen molar-refractivity contribution in [3.63, 3.8) is 0 Å². The summed E-state index contributed by atoms with van der Waals surface area (Å²) in [7, 11) is 0. The summed E-state index contributed by atoms with van der Waals surface area (Å²) in [5, 5.41) is 51.6. The molecule has 26 heavy (non-hydrogen) atoms. The van der Waals surface area contributed by atoms with Crippen LogP contribution in [0.4, 0.5) is 0 Å². The third-order valence-electron chi connectivity index (χ3n) is 4.66. The summed E-state index contributed by atoms with van der Waals surface area (Å²) in [5.74, 6) is 0. The summed E-state index contributed by atoms with van der Waals surface area (Å²) in [6, 6.07) is 0. The minimum Gasteiger partial charge on any atom is -0.394 e. The fourth-order valence-electron chi connectivity index (χ4n) is 3.01. The lowest BCUT2D eigenvalue weighted by Crippen LogP contribution is -2.59. The molecule has 1 fully saturated rings. The summed E-state index contributed by atoms with van der Waals surface area (Å²) >= 11 is 0. The summed E-state index contributed by atoms with van der Waals surface area (Å²) in [6.45, 7) is 2.74. The van der Waals surface area contributed by atoms with E-state index >= 15 is 0 Å². The van der Waals surface area contributed by atoms with Gasteiger partial charge in [0, 0.05) is 6.54 Å². The number of hydrogen-bond donors (Lipinski definition) is 6. The smallest absolute Gasteiger partial charge is 0.184 e. The van der Waals surface area contributed by atoms with E-state index in [1.54, 1.807) is 0 Å². The Morgan fingerprint density at radius 3 is 2.31 bits per heavy atom. The highest BCUT2D eigenvalue weighted by Gasteiger charge is 2.44. The molecule has 1 heterocycles. The Morgan fingerprint density at radius 2 is 1.65 bits per heavy atom. The molecular formula is C18H37NO7. The molecule has 1 unspecified atom stereocenters. The predicted molar refractivity (Wildman–Crippen MR) is 96.6 cm³/mol. The SMILES string of the molecule is CCCCCCCCCNCC(O)CO[C@@H]1[C@@H](O)[C@@H](O)[C@@H](CO)O[C@H]1O. The second-order valence-corrected chi connectivity index (χ2v) is 7.01. The van der Waals surface area contributed by atoms with E-state index in [-0.39, 0.29) is 6.61 Å². The monoisotopic (exact) mass is 379 g/mol. The molecule has 156 valence electrons. The van der Waals surface area contributed by atoms with Gasteiger partial charge in [-0.25, -0.2) is 0 Å². The minimum absolute atomic E-state index is 0.108. The van der Waals surface area contributed by atoms with E-state index in [1.807, 2.05) is 0 Å². The molecule has 6 atom stereocenters. The van der Waals surface area contributed by atoms with Crippen molar-refractivity contribution in [2.45, 2.75) is 88.7 Å². The van der Waals surface area contributed by atoms with Crippen LogP contribution in [0.15, 0.2) is 0 Å². The van der Waals surface area contributed by atoms with Crippen molar-refractivity contribution in [1.29, 1.82) is 0 Å². The largest absolute Gasteiger partial charge is 0.394 e. The highest BCUT2D eigenvalue weighted by atomic mass is 16.7. The first-order valence-corrected chi connectivity index (χ1v) is 9.82. The molecule has 8 nitrogen and oxygen atoms in total. The Balaban J connectivity index is 2.09. The maximum absolute atomic E-state index is 9.95. The summed E-state index contributed by atoms with van der Waals surface area (Å²) in [4.78, 5) is 0. The minimum atomic E-state index is -1.47. The molecule has 0 spiro atoms. The maximum atomic E-state index is 9.95. The number of hydrogen-bond acceptors (Lipinski definition) is 8. The van der Waals surface area contributed by atoms with Crippen LogP contribution in [0.3, 0.4) is 0 Å². The first kappa shape index (κ1) is 23.7. The molecule has 1 saturated heterocycles. The molecule has 0 saturated carbocycles. The van der Waals surface area contributed by atoms with E-state index in [9.17, 15) is 20.4 Å². The van der Waals surface area contributed by atoms with Gasteiger partial charge in [-0.1, -0.05) is 45.4 Å². The molecule has 6 N–H and O–H groups in total. The number of unbranched alkanes of at least 4 members (excludes halogenated alkanes) is 6. The van der Waals surface area contributed by atoms with E-state index in [1.165, 1.54) is 38.5 Å². The van der Waals surface area contributed by atoms with Gasteiger partial charge in [0.05, 0.1) is 19.3 Å². The van der Waals surface area contributed by atoms with Gasteiger partial charge in [0.2, 0.25) is 0 Å². The lowest BCUT2D eigenvalue weighted by molar-refractivity contribution is -0.298. The number of ether oxygens (including phenoxy) is 2. The molecule has 1 aliphatic heterocycles. The third kappa shape index (κ3) is 8.58. The zero-order valence-corrected chi connectivity index (χ0v) is 15.8. The molecule has 0 amide bonds. The summed E-state index contributed by atoms with van der Waals surface area (Å²) in [6.07, 6.45) is 1.34. The van der Waals surface area contributed by atoms with Crippen LogP contribution in [0.2, 0.25) is 0 Å². The molecule has 0 bridgehead atoms. The topological polar surface area (TPSA) is 132 Å². The Labute approximate surface area is 156 Å². The first-order chi connectivity index (χ1) is 12.5. The molecule has 1 rings (SSSR count). The molecule has 0 aromatic heterocycles. The van der Waals surface area contributed by atoms with Crippen molar-refractivity contribution in [3.8, 4) is 0 Å². The van der Waals surface area contributed by atoms with E-state index in [4.69, 9.17) is 14.6 Å². The molecular weight excluding hydrogens is 342 g/mol. The summed E-state index contributed by atoms with van der Waals surface area (Å²) in [5.41, 5.74) is 0. The third-order valence-corrected chi connectivity index (χ3v) is 4.66. The predicted octanol–water partition coefficient (Wildman–Crippen LogP) is -0.496. The van der Waals surface area contributed by atoms with Gasteiger partial charge in [-0.2, -0.15) is 0 Å². The van der Waals surface area contributed by atoms with Crippen molar-refractivity contribution in [3.05, 3.63) is 0 Å². The van der Waals surface area contributed by atoms with Gasteiger partial charge >= 0.3 is 0 Å². The van der Waals surface area contributed by atoms with Gasteiger partial charge in [-0.3, -0.25) is 0 Å². The van der Waals surface area contributed by atoms with Crippen LogP contribution in [0.5, 0.6) is 0 Å². The fraction of sp³-hybridized carbons (Fsp3) is 1.00. The van der Waals surface area contributed by atoms with Gasteiger partial charge in [0.25, 0.3) is 0 Å². The Hall–Kier alpha value is -0.320. The molecule has 1 aliphatic rings. The van der Waals surface area contributed by atoms with Gasteiger partial charge in [-0.15, -0.1) is 0 Å². The lowest BCUT2D eigenvalue weighted by atomic mass is 9.99. The number of rotatable bonds is 14. The Bertz CT molecular complexity index is 348. The van der Waals surface area contributed by atoms with Crippen LogP contribution in [0, 0.1) is 0 Å². The second-order valence-electron chi connectivity index (χ2n) is 7.01. The second kappa shape index (κ2) is 13.8. The molecule has 0 aromatic rings. The Morgan fingerprint density at radius 1 is 1.00 bits per heavy atom. The van der Waals surface area contributed by atoms with Gasteiger partial charge in [0.15, 0.2) is 6.29 Å². The average molecular weight is 379 g/mol. The van der Waals surface area contributed by atoms with Crippen LogP contribution in [-0.4, -0.2) is 88.6 Å². The molecule has 0 aromatic carbocycles. The van der Waals surface area contributed by atoms with E-state index in [0.29, 0.717) is 6.54 Å². The normalized spacial score (nSPS) is 30.5. The zero-order valence-electron chi connectivity index (χ0n) is 15.8. The maximum Gasteiger partial charge on any atom is 0.184 e. The van der Waals surface area contributed by atoms with Crippen molar-refractivity contribution in [2.75, 3.05) is 26.3 Å². The average Bonchev–Trinajstić information content (AvgIpc) is 2.63. The number of nitrogens with one attached hydrogen (secondary N) is 1. The molecule has 0 radical (unpaired) electrons. The van der Waals surface area contributed by atoms with Crippen molar-refractivity contribution < 1.29 is 35.0 Å². The lowest BCUT2D eigenvalue weighted by Gasteiger charge is -2.40. The standard InChI is InChI=1S/C18H37NO7/c1-2-3-4-5-6-7-8-9-19-10-13(21)12-25-17-16(23)15(22)14(11-20)26-18(17)24/h13-24H,2-12H2,1H3/t13?,14-,15+,16+,17-,18-/m1/s1.